The number of benzene rings is 1. The lowest BCUT2D eigenvalue weighted by molar-refractivity contribution is -0.121. The number of anilines is 1. The van der Waals surface area contributed by atoms with Gasteiger partial charge in [0.2, 0.25) is 5.91 Å². The number of rotatable bonds is 16. The van der Waals surface area contributed by atoms with E-state index in [9.17, 15) is 4.79 Å². The number of hydrogen-bond donors (Lipinski definition) is 2. The predicted molar refractivity (Wildman–Crippen MR) is 134 cm³/mol. The van der Waals surface area contributed by atoms with E-state index < -0.39 is 0 Å². The van der Waals surface area contributed by atoms with Gasteiger partial charge in [-0.25, -0.2) is 0 Å². The summed E-state index contributed by atoms with van der Waals surface area (Å²) in [5.41, 5.74) is 13.5. The molecule has 1 aromatic rings. The van der Waals surface area contributed by atoms with Gasteiger partial charge in [-0.3, -0.25) is 9.69 Å². The molecule has 0 radical (unpaired) electrons. The van der Waals surface area contributed by atoms with Gasteiger partial charge in [0.25, 0.3) is 0 Å². The summed E-state index contributed by atoms with van der Waals surface area (Å²) in [7, 11) is 3.86. The lowest BCUT2D eigenvalue weighted by Gasteiger charge is -2.25. The van der Waals surface area contributed by atoms with Crippen LogP contribution < -0.4 is 16.4 Å². The molecule has 0 bridgehead atoms. The molecule has 4 N–H and O–H groups in total. The Bertz CT molecular complexity index is 630. The molecule has 0 aliphatic carbocycles. The largest absolute Gasteiger partial charge is 0.315 e. The van der Waals surface area contributed by atoms with Gasteiger partial charge in [0.05, 0.1) is 5.92 Å². The first-order valence-electron chi connectivity index (χ1n) is 12.1. The van der Waals surface area contributed by atoms with Crippen LogP contribution in [0.4, 0.5) is 5.69 Å². The van der Waals surface area contributed by atoms with Crippen molar-refractivity contribution in [3.8, 4) is 0 Å². The van der Waals surface area contributed by atoms with Crippen molar-refractivity contribution in [1.29, 1.82) is 0 Å². The zero-order chi connectivity index (χ0) is 23.1. The van der Waals surface area contributed by atoms with Crippen LogP contribution in [0.15, 0.2) is 42.0 Å². The second-order valence-corrected chi connectivity index (χ2v) is 8.73. The van der Waals surface area contributed by atoms with Gasteiger partial charge in [-0.15, -0.1) is 0 Å². The molecule has 0 heterocycles. The monoisotopic (exact) mass is 430 g/mol. The molecule has 31 heavy (non-hydrogen) atoms. The van der Waals surface area contributed by atoms with Gasteiger partial charge in [0.15, 0.2) is 0 Å². The molecular weight excluding hydrogens is 384 g/mol. The maximum absolute atomic E-state index is 13.2. The number of para-hydroxylation sites is 1. The standard InChI is InChI=1S/C26H46N4O/c1-5-17-22(2)24(25(31)30(4)23-18-13-12-14-19-23)20-15-10-8-6-7-9-11-16-21-29(3)26(27)28/h12-14,17-19,24,26H,5-11,15-16,20-21,27-28H2,1-4H3. The molecule has 0 spiro atoms. The van der Waals surface area contributed by atoms with E-state index in [0.717, 1.165) is 37.9 Å². The van der Waals surface area contributed by atoms with E-state index in [1.165, 1.54) is 44.1 Å². The predicted octanol–water partition coefficient (Wildman–Crippen LogP) is 5.27. The maximum atomic E-state index is 13.2. The molecule has 1 atom stereocenters. The molecule has 1 unspecified atom stereocenters. The number of hydrogen-bond acceptors (Lipinski definition) is 4. The highest BCUT2D eigenvalue weighted by Gasteiger charge is 2.23. The Labute approximate surface area is 190 Å². The quantitative estimate of drug-likeness (QED) is 0.213. The fraction of sp³-hybridized carbons (Fsp3) is 0.654. The van der Waals surface area contributed by atoms with Crippen LogP contribution in [0.2, 0.25) is 0 Å². The van der Waals surface area contributed by atoms with E-state index in [1.54, 1.807) is 0 Å². The van der Waals surface area contributed by atoms with Crippen molar-refractivity contribution < 1.29 is 4.79 Å². The van der Waals surface area contributed by atoms with Gasteiger partial charge >= 0.3 is 0 Å². The molecule has 5 heteroatoms. The van der Waals surface area contributed by atoms with Crippen molar-refractivity contribution in [1.82, 2.24) is 4.90 Å². The van der Waals surface area contributed by atoms with E-state index in [2.05, 4.69) is 19.9 Å². The molecule has 5 nitrogen and oxygen atoms in total. The molecule has 1 rings (SSSR count). The van der Waals surface area contributed by atoms with Crippen molar-refractivity contribution >= 4 is 11.6 Å². The Kier molecular flexibility index (Phi) is 14.1. The summed E-state index contributed by atoms with van der Waals surface area (Å²) in [5, 5.41) is 0. The van der Waals surface area contributed by atoms with Gasteiger partial charge in [-0.1, -0.05) is 81.7 Å². The number of amides is 1. The first kappa shape index (κ1) is 27.3. The fourth-order valence-corrected chi connectivity index (χ4v) is 3.94. The highest BCUT2D eigenvalue weighted by atomic mass is 16.2. The van der Waals surface area contributed by atoms with Crippen LogP contribution in [-0.2, 0) is 4.79 Å². The van der Waals surface area contributed by atoms with Crippen LogP contribution in [0.1, 0.15) is 78.1 Å². The van der Waals surface area contributed by atoms with Gasteiger partial charge in [-0.05, 0) is 45.4 Å². The summed E-state index contributed by atoms with van der Waals surface area (Å²) in [6.07, 6.45) is 13.5. The minimum absolute atomic E-state index is 0.0175. The molecule has 0 saturated carbocycles. The normalized spacial score (nSPS) is 13.1. The molecular formula is C26H46N4O. The summed E-state index contributed by atoms with van der Waals surface area (Å²) >= 11 is 0. The van der Waals surface area contributed by atoms with Crippen LogP contribution in [0.5, 0.6) is 0 Å². The first-order valence-corrected chi connectivity index (χ1v) is 12.1. The average molecular weight is 431 g/mol. The van der Waals surface area contributed by atoms with Crippen molar-refractivity contribution in [3.05, 3.63) is 42.0 Å². The Balaban J connectivity index is 2.33. The Morgan fingerprint density at radius 2 is 1.48 bits per heavy atom. The van der Waals surface area contributed by atoms with Gasteiger partial charge < -0.3 is 16.4 Å². The summed E-state index contributed by atoms with van der Waals surface area (Å²) in [4.78, 5) is 17.0. The van der Waals surface area contributed by atoms with E-state index >= 15 is 0 Å². The molecule has 1 aromatic carbocycles. The zero-order valence-corrected chi connectivity index (χ0v) is 20.4. The minimum Gasteiger partial charge on any atom is -0.315 e. The second-order valence-electron chi connectivity index (χ2n) is 8.73. The first-order chi connectivity index (χ1) is 14.9. The fourth-order valence-electron chi connectivity index (χ4n) is 3.94. The molecule has 0 fully saturated rings. The second kappa shape index (κ2) is 16.0. The van der Waals surface area contributed by atoms with Crippen LogP contribution in [0.25, 0.3) is 0 Å². The van der Waals surface area contributed by atoms with Crippen molar-refractivity contribution in [2.75, 3.05) is 25.5 Å². The Morgan fingerprint density at radius 3 is 2.03 bits per heavy atom. The van der Waals surface area contributed by atoms with E-state index in [-0.39, 0.29) is 18.1 Å². The Hall–Kier alpha value is -1.69. The highest BCUT2D eigenvalue weighted by molar-refractivity contribution is 5.96. The molecule has 0 aromatic heterocycles. The number of carbonyl (C=O) groups is 1. The molecule has 0 aliphatic heterocycles. The van der Waals surface area contributed by atoms with E-state index in [1.807, 2.05) is 54.2 Å². The maximum Gasteiger partial charge on any atom is 0.233 e. The minimum atomic E-state index is -0.348. The van der Waals surface area contributed by atoms with E-state index in [4.69, 9.17) is 11.5 Å². The zero-order valence-electron chi connectivity index (χ0n) is 20.4. The lowest BCUT2D eigenvalue weighted by Crippen LogP contribution is -2.46. The lowest BCUT2D eigenvalue weighted by atomic mass is 9.91. The third-order valence-electron chi connectivity index (χ3n) is 6.11. The van der Waals surface area contributed by atoms with Gasteiger partial charge in [-0.2, -0.15) is 0 Å². The molecule has 176 valence electrons. The number of allylic oxidation sites excluding steroid dienone is 1. The number of carbonyl (C=O) groups excluding carboxylic acids is 1. The van der Waals surface area contributed by atoms with Crippen LogP contribution in [0, 0.1) is 5.92 Å². The van der Waals surface area contributed by atoms with Crippen molar-refractivity contribution in [2.45, 2.75) is 84.3 Å². The number of unbranched alkanes of at least 4 members (excludes halogenated alkanes) is 7. The summed E-state index contributed by atoms with van der Waals surface area (Å²) < 4.78 is 0. The summed E-state index contributed by atoms with van der Waals surface area (Å²) in [6, 6.07) is 9.94. The smallest absolute Gasteiger partial charge is 0.233 e. The third-order valence-corrected chi connectivity index (χ3v) is 6.11. The third kappa shape index (κ3) is 10.9. The number of nitrogens with two attached hydrogens (primary N) is 2. The van der Waals surface area contributed by atoms with Gasteiger partial charge in [0, 0.05) is 19.3 Å². The van der Waals surface area contributed by atoms with Crippen LogP contribution in [0.3, 0.4) is 0 Å². The Morgan fingerprint density at radius 1 is 0.935 bits per heavy atom. The van der Waals surface area contributed by atoms with Crippen molar-refractivity contribution in [2.24, 2.45) is 17.4 Å². The van der Waals surface area contributed by atoms with Crippen LogP contribution >= 0.6 is 0 Å². The topological polar surface area (TPSA) is 75.6 Å². The summed E-state index contributed by atoms with van der Waals surface area (Å²) in [6.45, 7) is 5.21. The molecule has 0 saturated heterocycles. The van der Waals surface area contributed by atoms with Crippen molar-refractivity contribution in [3.63, 3.8) is 0 Å². The number of nitrogens with zero attached hydrogens (tertiary/aromatic N) is 2. The summed E-state index contributed by atoms with van der Waals surface area (Å²) in [5.74, 6) is 0.187. The SMILES string of the molecule is CCC=C(C)C(CCCCCCCCCCN(C)C(N)N)C(=O)N(C)c1ccccc1. The van der Waals surface area contributed by atoms with Crippen LogP contribution in [-0.4, -0.2) is 37.7 Å². The molecule has 0 aliphatic rings. The average Bonchev–Trinajstić information content (AvgIpc) is 2.77. The molecule has 1 amide bonds. The van der Waals surface area contributed by atoms with E-state index in [0.29, 0.717) is 0 Å². The highest BCUT2D eigenvalue weighted by Crippen LogP contribution is 2.24. The van der Waals surface area contributed by atoms with Gasteiger partial charge in [0.1, 0.15) is 6.29 Å².